The Labute approximate surface area is 272 Å². The molecule has 2 aromatic carbocycles. The van der Waals surface area contributed by atoms with E-state index in [0.29, 0.717) is 18.7 Å². The number of benzene rings is 2. The third kappa shape index (κ3) is 8.37. The molecule has 6 atom stereocenters. The van der Waals surface area contributed by atoms with Gasteiger partial charge in [0.05, 0.1) is 32.0 Å². The molecule has 1 aliphatic carbocycles. The average molecular weight is 662 g/mol. The van der Waals surface area contributed by atoms with Gasteiger partial charge in [-0.3, -0.25) is 4.79 Å². The zero-order chi connectivity index (χ0) is 33.3. The molecular formula is C32H43N3O10S. The minimum Gasteiger partial charge on any atom is -0.465 e. The van der Waals surface area contributed by atoms with Crippen molar-refractivity contribution in [2.75, 3.05) is 44.9 Å². The van der Waals surface area contributed by atoms with Crippen LogP contribution in [-0.2, 0) is 28.5 Å². The fraction of sp³-hybridized carbons (Fsp3) is 0.531. The summed E-state index contributed by atoms with van der Waals surface area (Å²) in [7, 11) is 1.12. The minimum atomic E-state index is -2.12. The monoisotopic (exact) mass is 661 g/mol. The van der Waals surface area contributed by atoms with E-state index in [1.165, 1.54) is 6.92 Å². The van der Waals surface area contributed by atoms with Crippen LogP contribution in [-0.4, -0.2) is 114 Å². The van der Waals surface area contributed by atoms with Crippen LogP contribution in [0.2, 0.25) is 0 Å². The number of hydrogen-bond donors (Lipinski definition) is 6. The van der Waals surface area contributed by atoms with Crippen LogP contribution < -0.4 is 16.4 Å². The van der Waals surface area contributed by atoms with Crippen molar-refractivity contribution < 1.29 is 48.7 Å². The van der Waals surface area contributed by atoms with Crippen LogP contribution in [0.25, 0.3) is 11.1 Å². The van der Waals surface area contributed by atoms with Crippen LogP contribution in [0.4, 0.5) is 4.79 Å². The summed E-state index contributed by atoms with van der Waals surface area (Å²) in [6, 6.07) is 14.6. The number of nitrogens with two attached hydrogens (primary N) is 1. The first-order valence-corrected chi connectivity index (χ1v) is 16.4. The highest BCUT2D eigenvalue weighted by molar-refractivity contribution is 7.99. The quantitative estimate of drug-likeness (QED) is 0.117. The van der Waals surface area contributed by atoms with Crippen molar-refractivity contribution in [1.29, 1.82) is 0 Å². The van der Waals surface area contributed by atoms with Gasteiger partial charge in [-0.1, -0.05) is 48.5 Å². The molecule has 14 heteroatoms. The molecule has 0 bridgehead atoms. The lowest BCUT2D eigenvalue weighted by Gasteiger charge is -2.47. The number of carbonyl (C=O) groups excluding carboxylic acids is 3. The topological polar surface area (TPSA) is 199 Å². The summed E-state index contributed by atoms with van der Waals surface area (Å²) in [4.78, 5) is 37.6. The van der Waals surface area contributed by atoms with Gasteiger partial charge in [0.25, 0.3) is 5.79 Å². The molecular weight excluding hydrogens is 618 g/mol. The molecule has 1 saturated heterocycles. The van der Waals surface area contributed by atoms with Crippen LogP contribution in [0.3, 0.4) is 0 Å². The first-order valence-electron chi connectivity index (χ1n) is 15.2. The van der Waals surface area contributed by atoms with E-state index in [1.54, 1.807) is 11.8 Å². The SMILES string of the molecule is COC(=O)[C@@]1(OCCCSCCN)C[C@@H](O)[C@@H](NC(C)=O)C([C@H](O)C(O)CNC(=O)OCC2c3ccccc3-c3ccccc32)O1. The molecule has 2 unspecified atom stereocenters. The van der Waals surface area contributed by atoms with Crippen LogP contribution >= 0.6 is 11.8 Å². The Morgan fingerprint density at radius 2 is 1.74 bits per heavy atom. The summed E-state index contributed by atoms with van der Waals surface area (Å²) in [5, 5.41) is 38.1. The molecule has 1 heterocycles. The van der Waals surface area contributed by atoms with E-state index >= 15 is 0 Å². The number of amides is 2. The summed E-state index contributed by atoms with van der Waals surface area (Å²) in [6.07, 6.45) is -7.11. The fourth-order valence-corrected chi connectivity index (χ4v) is 6.55. The highest BCUT2D eigenvalue weighted by atomic mass is 32.2. The Bertz CT molecular complexity index is 1300. The Balaban J connectivity index is 1.39. The van der Waals surface area contributed by atoms with E-state index in [1.807, 2.05) is 48.5 Å². The number of alkyl carbamates (subject to hydrolysis) is 1. The first kappa shape index (κ1) is 35.6. The van der Waals surface area contributed by atoms with Crippen LogP contribution in [0, 0.1) is 0 Å². The van der Waals surface area contributed by atoms with Crippen molar-refractivity contribution in [3.8, 4) is 11.1 Å². The maximum atomic E-state index is 12.9. The highest BCUT2D eigenvalue weighted by Crippen LogP contribution is 2.44. The summed E-state index contributed by atoms with van der Waals surface area (Å²) < 4.78 is 22.2. The van der Waals surface area contributed by atoms with Crippen molar-refractivity contribution in [2.45, 2.75) is 61.9 Å². The lowest BCUT2D eigenvalue weighted by molar-refractivity contribution is -0.311. The number of rotatable bonds is 15. The standard InChI is InChI=1S/C32H43N3O10S/c1-19(36)35-27-25(37)16-32(30(40)42-2,44-13-7-14-46-15-12-33)45-29(27)28(39)26(38)17-34-31(41)43-18-24-22-10-5-3-8-20(22)21-9-4-6-11-23(21)24/h3-6,8-11,24-29,37-39H,7,12-18,33H2,1-2H3,(H,34,41)(H,35,36)/t25-,26?,27-,28-,29?,32-/m1/s1. The fourth-order valence-electron chi connectivity index (χ4n) is 5.86. The van der Waals surface area contributed by atoms with Gasteiger partial charge in [0.1, 0.15) is 18.8 Å². The summed E-state index contributed by atoms with van der Waals surface area (Å²) in [5.74, 6) is -2.34. The molecule has 1 aliphatic heterocycles. The molecule has 46 heavy (non-hydrogen) atoms. The zero-order valence-corrected chi connectivity index (χ0v) is 26.7. The minimum absolute atomic E-state index is 0.0464. The van der Waals surface area contributed by atoms with Gasteiger partial charge in [0.2, 0.25) is 5.91 Å². The molecule has 2 amide bonds. The van der Waals surface area contributed by atoms with Gasteiger partial charge in [0, 0.05) is 38.1 Å². The molecule has 1 fully saturated rings. The second-order valence-electron chi connectivity index (χ2n) is 11.2. The van der Waals surface area contributed by atoms with E-state index in [4.69, 9.17) is 24.7 Å². The Morgan fingerprint density at radius 1 is 1.09 bits per heavy atom. The van der Waals surface area contributed by atoms with E-state index < -0.39 is 67.2 Å². The van der Waals surface area contributed by atoms with E-state index in [0.717, 1.165) is 35.1 Å². The number of aliphatic hydroxyl groups is 3. The van der Waals surface area contributed by atoms with Crippen molar-refractivity contribution in [2.24, 2.45) is 5.73 Å². The second kappa shape index (κ2) is 16.5. The van der Waals surface area contributed by atoms with Crippen molar-refractivity contribution in [3.63, 3.8) is 0 Å². The second-order valence-corrected chi connectivity index (χ2v) is 12.4. The zero-order valence-electron chi connectivity index (χ0n) is 25.9. The highest BCUT2D eigenvalue weighted by Gasteiger charge is 2.56. The van der Waals surface area contributed by atoms with Crippen molar-refractivity contribution >= 4 is 29.7 Å². The first-order chi connectivity index (χ1) is 22.1. The molecule has 2 aromatic rings. The van der Waals surface area contributed by atoms with Gasteiger partial charge in [0.15, 0.2) is 0 Å². The predicted molar refractivity (Wildman–Crippen MR) is 170 cm³/mol. The van der Waals surface area contributed by atoms with Crippen molar-refractivity contribution in [1.82, 2.24) is 10.6 Å². The number of carbonyl (C=O) groups is 3. The molecule has 0 saturated carbocycles. The average Bonchev–Trinajstić information content (AvgIpc) is 3.37. The van der Waals surface area contributed by atoms with Gasteiger partial charge in [-0.15, -0.1) is 0 Å². The Morgan fingerprint density at radius 3 is 2.35 bits per heavy atom. The van der Waals surface area contributed by atoms with Gasteiger partial charge >= 0.3 is 12.1 Å². The number of nitrogens with one attached hydrogen (secondary N) is 2. The van der Waals surface area contributed by atoms with Gasteiger partial charge in [-0.2, -0.15) is 11.8 Å². The molecule has 0 radical (unpaired) electrons. The summed E-state index contributed by atoms with van der Waals surface area (Å²) >= 11 is 1.61. The normalized spacial score (nSPS) is 23.5. The van der Waals surface area contributed by atoms with Gasteiger partial charge < -0.3 is 50.6 Å². The summed E-state index contributed by atoms with van der Waals surface area (Å²) in [5.41, 5.74) is 9.74. The third-order valence-electron chi connectivity index (χ3n) is 8.00. The van der Waals surface area contributed by atoms with E-state index in [-0.39, 0.29) is 19.1 Å². The van der Waals surface area contributed by atoms with E-state index in [2.05, 4.69) is 10.6 Å². The molecule has 7 N–H and O–H groups in total. The number of methoxy groups -OCH3 is 1. The molecule has 0 spiro atoms. The predicted octanol–water partition coefficient (Wildman–Crippen LogP) is 0.869. The molecule has 2 aliphatic rings. The number of hydrogen-bond acceptors (Lipinski definition) is 12. The van der Waals surface area contributed by atoms with E-state index in [9.17, 15) is 29.7 Å². The number of thioether (sulfide) groups is 1. The molecule has 4 rings (SSSR count). The number of esters is 1. The molecule has 0 aromatic heterocycles. The lowest BCUT2D eigenvalue weighted by Crippen LogP contribution is -2.68. The smallest absolute Gasteiger partial charge is 0.407 e. The number of fused-ring (bicyclic) bond motifs is 3. The number of aliphatic hydroxyl groups excluding tert-OH is 3. The molecule has 13 nitrogen and oxygen atoms in total. The van der Waals surface area contributed by atoms with Gasteiger partial charge in [-0.05, 0) is 34.4 Å². The third-order valence-corrected chi connectivity index (χ3v) is 9.10. The van der Waals surface area contributed by atoms with Crippen LogP contribution in [0.1, 0.15) is 36.8 Å². The van der Waals surface area contributed by atoms with Gasteiger partial charge in [-0.25, -0.2) is 9.59 Å². The largest absolute Gasteiger partial charge is 0.465 e. The van der Waals surface area contributed by atoms with Crippen LogP contribution in [0.5, 0.6) is 0 Å². The van der Waals surface area contributed by atoms with Crippen molar-refractivity contribution in [3.05, 3.63) is 59.7 Å². The lowest BCUT2D eigenvalue weighted by atomic mass is 9.88. The Kier molecular flexibility index (Phi) is 12.8. The Hall–Kier alpha value is -3.24. The number of ether oxygens (including phenoxy) is 4. The molecule has 252 valence electrons. The van der Waals surface area contributed by atoms with Crippen LogP contribution in [0.15, 0.2) is 48.5 Å². The maximum Gasteiger partial charge on any atom is 0.407 e. The maximum absolute atomic E-state index is 12.9. The summed E-state index contributed by atoms with van der Waals surface area (Å²) in [6.45, 7) is 1.37.